The Morgan fingerprint density at radius 1 is 1.18 bits per heavy atom. The average Bonchev–Trinajstić information content (AvgIpc) is 2.32. The molecule has 0 spiro atoms. The molecule has 1 amide bonds. The van der Waals surface area contributed by atoms with Crippen LogP contribution in [0.3, 0.4) is 0 Å². The molecule has 17 heavy (non-hydrogen) atoms. The van der Waals surface area contributed by atoms with E-state index in [1.807, 2.05) is 4.90 Å². The molecule has 2 unspecified atom stereocenters. The predicted molar refractivity (Wildman–Crippen MR) is 73.8 cm³/mol. The van der Waals surface area contributed by atoms with Gasteiger partial charge < -0.3 is 10.6 Å². The van der Waals surface area contributed by atoms with Crippen LogP contribution in [0.1, 0.15) is 53.4 Å². The zero-order valence-corrected chi connectivity index (χ0v) is 12.0. The highest BCUT2D eigenvalue weighted by Gasteiger charge is 2.14. The molecule has 102 valence electrons. The molecule has 0 aromatic heterocycles. The Bertz CT molecular complexity index is 206. The van der Waals surface area contributed by atoms with Gasteiger partial charge in [0.1, 0.15) is 0 Å². The molecular weight excluding hydrogens is 212 g/mol. The molecule has 3 heteroatoms. The van der Waals surface area contributed by atoms with Crippen LogP contribution in [0.2, 0.25) is 0 Å². The maximum atomic E-state index is 12.0. The lowest BCUT2D eigenvalue weighted by Gasteiger charge is -2.24. The van der Waals surface area contributed by atoms with E-state index < -0.39 is 0 Å². The Balaban J connectivity index is 3.99. The first kappa shape index (κ1) is 16.4. The Kier molecular flexibility index (Phi) is 9.14. The molecule has 0 saturated heterocycles. The van der Waals surface area contributed by atoms with E-state index >= 15 is 0 Å². The van der Waals surface area contributed by atoms with Crippen LogP contribution in [0, 0.1) is 11.8 Å². The Labute approximate surface area is 107 Å². The molecule has 2 atom stereocenters. The molecule has 0 bridgehead atoms. The molecule has 0 aliphatic rings. The van der Waals surface area contributed by atoms with Gasteiger partial charge in [0.05, 0.1) is 0 Å². The van der Waals surface area contributed by atoms with Crippen LogP contribution in [0.15, 0.2) is 0 Å². The van der Waals surface area contributed by atoms with Crippen LogP contribution in [0.4, 0.5) is 0 Å². The normalized spacial score (nSPS) is 14.4. The number of carbonyl (C=O) groups excluding carboxylic acids is 1. The van der Waals surface area contributed by atoms with Crippen molar-refractivity contribution in [1.82, 2.24) is 4.90 Å². The first-order chi connectivity index (χ1) is 8.04. The minimum Gasteiger partial charge on any atom is -0.343 e. The summed E-state index contributed by atoms with van der Waals surface area (Å²) in [5.74, 6) is 1.46. The van der Waals surface area contributed by atoms with Gasteiger partial charge in [0.25, 0.3) is 0 Å². The molecule has 0 saturated carbocycles. The van der Waals surface area contributed by atoms with Crippen LogP contribution in [-0.2, 0) is 4.79 Å². The van der Waals surface area contributed by atoms with E-state index in [1.54, 1.807) is 0 Å². The number of rotatable bonds is 9. The summed E-state index contributed by atoms with van der Waals surface area (Å²) in [5, 5.41) is 0. The lowest BCUT2D eigenvalue weighted by Crippen LogP contribution is -2.34. The summed E-state index contributed by atoms with van der Waals surface area (Å²) in [6.07, 6.45) is 3.79. The highest BCUT2D eigenvalue weighted by atomic mass is 16.2. The van der Waals surface area contributed by atoms with Crippen LogP contribution >= 0.6 is 0 Å². The number of hydrogen-bond acceptors (Lipinski definition) is 2. The summed E-state index contributed by atoms with van der Waals surface area (Å²) in [6.45, 7) is 11.1. The van der Waals surface area contributed by atoms with Crippen molar-refractivity contribution in [3.8, 4) is 0 Å². The van der Waals surface area contributed by atoms with E-state index in [-0.39, 0.29) is 0 Å². The van der Waals surface area contributed by atoms with E-state index in [4.69, 9.17) is 5.73 Å². The van der Waals surface area contributed by atoms with Gasteiger partial charge in [-0.2, -0.15) is 0 Å². The molecule has 0 aromatic carbocycles. The standard InChI is InChI=1S/C14H30N2O/c1-5-12(3)11-16(6-2)14(17)8-7-13(4)9-10-15/h12-13H,5-11,15H2,1-4H3. The minimum atomic E-state index is 0.302. The SMILES string of the molecule is CCC(C)CN(CC)C(=O)CCC(C)CCN. The third-order valence-corrected chi connectivity index (χ3v) is 3.47. The number of nitrogens with zero attached hydrogens (tertiary/aromatic N) is 1. The van der Waals surface area contributed by atoms with Gasteiger partial charge in [-0.15, -0.1) is 0 Å². The summed E-state index contributed by atoms with van der Waals surface area (Å²) < 4.78 is 0. The Hall–Kier alpha value is -0.570. The van der Waals surface area contributed by atoms with E-state index in [0.717, 1.165) is 38.9 Å². The van der Waals surface area contributed by atoms with E-state index in [2.05, 4.69) is 27.7 Å². The van der Waals surface area contributed by atoms with Crippen molar-refractivity contribution in [2.24, 2.45) is 17.6 Å². The van der Waals surface area contributed by atoms with Crippen molar-refractivity contribution >= 4 is 5.91 Å². The third kappa shape index (κ3) is 7.37. The van der Waals surface area contributed by atoms with Gasteiger partial charge in [-0.05, 0) is 38.1 Å². The van der Waals surface area contributed by atoms with Crippen LogP contribution < -0.4 is 5.73 Å². The topological polar surface area (TPSA) is 46.3 Å². The summed E-state index contributed by atoms with van der Waals surface area (Å²) in [7, 11) is 0. The highest BCUT2D eigenvalue weighted by Crippen LogP contribution is 2.12. The second-order valence-electron chi connectivity index (χ2n) is 5.17. The number of carbonyl (C=O) groups is 1. The predicted octanol–water partition coefficient (Wildman–Crippen LogP) is 2.65. The van der Waals surface area contributed by atoms with Crippen molar-refractivity contribution < 1.29 is 4.79 Å². The molecule has 3 nitrogen and oxygen atoms in total. The van der Waals surface area contributed by atoms with Crippen molar-refractivity contribution in [3.63, 3.8) is 0 Å². The van der Waals surface area contributed by atoms with E-state index in [1.165, 1.54) is 0 Å². The number of amides is 1. The van der Waals surface area contributed by atoms with Crippen molar-refractivity contribution in [1.29, 1.82) is 0 Å². The van der Waals surface area contributed by atoms with E-state index in [9.17, 15) is 4.79 Å². The maximum Gasteiger partial charge on any atom is 0.222 e. The lowest BCUT2D eigenvalue weighted by atomic mass is 10.0. The Morgan fingerprint density at radius 3 is 2.29 bits per heavy atom. The fourth-order valence-electron chi connectivity index (χ4n) is 1.87. The lowest BCUT2D eigenvalue weighted by molar-refractivity contribution is -0.131. The first-order valence-electron chi connectivity index (χ1n) is 7.02. The molecule has 0 heterocycles. The van der Waals surface area contributed by atoms with Gasteiger partial charge in [-0.25, -0.2) is 0 Å². The number of nitrogens with two attached hydrogens (primary N) is 1. The molecular formula is C14H30N2O. The molecule has 0 aliphatic carbocycles. The van der Waals surface area contributed by atoms with Gasteiger partial charge >= 0.3 is 0 Å². The largest absolute Gasteiger partial charge is 0.343 e. The second kappa shape index (κ2) is 9.46. The third-order valence-electron chi connectivity index (χ3n) is 3.47. The zero-order chi connectivity index (χ0) is 13.3. The van der Waals surface area contributed by atoms with Crippen molar-refractivity contribution in [2.75, 3.05) is 19.6 Å². The Morgan fingerprint density at radius 2 is 1.82 bits per heavy atom. The van der Waals surface area contributed by atoms with Gasteiger partial charge in [-0.3, -0.25) is 4.79 Å². The maximum absolute atomic E-state index is 12.0. The van der Waals surface area contributed by atoms with Gasteiger partial charge in [0.2, 0.25) is 5.91 Å². The summed E-state index contributed by atoms with van der Waals surface area (Å²) in [6, 6.07) is 0. The summed E-state index contributed by atoms with van der Waals surface area (Å²) >= 11 is 0. The van der Waals surface area contributed by atoms with Crippen LogP contribution in [0.5, 0.6) is 0 Å². The smallest absolute Gasteiger partial charge is 0.222 e. The summed E-state index contributed by atoms with van der Waals surface area (Å²) in [4.78, 5) is 14.0. The highest BCUT2D eigenvalue weighted by molar-refractivity contribution is 5.76. The summed E-state index contributed by atoms with van der Waals surface area (Å²) in [5.41, 5.74) is 5.51. The van der Waals surface area contributed by atoms with Crippen LogP contribution in [-0.4, -0.2) is 30.4 Å². The van der Waals surface area contributed by atoms with Crippen molar-refractivity contribution in [3.05, 3.63) is 0 Å². The molecule has 0 radical (unpaired) electrons. The monoisotopic (exact) mass is 242 g/mol. The number of hydrogen-bond donors (Lipinski definition) is 1. The molecule has 0 rings (SSSR count). The second-order valence-corrected chi connectivity index (χ2v) is 5.17. The van der Waals surface area contributed by atoms with Gasteiger partial charge in [-0.1, -0.05) is 27.2 Å². The van der Waals surface area contributed by atoms with Crippen molar-refractivity contribution in [2.45, 2.75) is 53.4 Å². The fraction of sp³-hybridized carbons (Fsp3) is 0.929. The molecule has 0 fully saturated rings. The van der Waals surface area contributed by atoms with Gasteiger partial charge in [0.15, 0.2) is 0 Å². The average molecular weight is 242 g/mol. The van der Waals surface area contributed by atoms with E-state index in [0.29, 0.717) is 24.2 Å². The minimum absolute atomic E-state index is 0.302. The molecule has 2 N–H and O–H groups in total. The quantitative estimate of drug-likeness (QED) is 0.675. The molecule has 0 aliphatic heterocycles. The molecule has 0 aromatic rings. The van der Waals surface area contributed by atoms with Crippen LogP contribution in [0.25, 0.3) is 0 Å². The first-order valence-corrected chi connectivity index (χ1v) is 7.02. The van der Waals surface area contributed by atoms with Gasteiger partial charge in [0, 0.05) is 19.5 Å². The fourth-order valence-corrected chi connectivity index (χ4v) is 1.87. The zero-order valence-electron chi connectivity index (χ0n) is 12.0.